The number of anilines is 1. The molecule has 0 aliphatic carbocycles. The van der Waals surface area contributed by atoms with Crippen molar-refractivity contribution in [3.63, 3.8) is 0 Å². The predicted molar refractivity (Wildman–Crippen MR) is 78.9 cm³/mol. The predicted octanol–water partition coefficient (Wildman–Crippen LogP) is 3.16. The smallest absolute Gasteiger partial charge is 0.416 e. The van der Waals surface area contributed by atoms with Crippen molar-refractivity contribution >= 4 is 23.4 Å². The molecule has 20 heavy (non-hydrogen) atoms. The standard InChI is InChI=1S/C14H21ClN2O3/c1-5-11(18)12(15)20-13(19)17(14(2,3)4)10-7-6-8-16-9-10/h6-9,11-12,18H,5H2,1-4H3/t11-,12?/m1/s1. The van der Waals surface area contributed by atoms with Crippen molar-refractivity contribution in [2.24, 2.45) is 0 Å². The first kappa shape index (κ1) is 16.7. The summed E-state index contributed by atoms with van der Waals surface area (Å²) in [5.74, 6) is 0. The van der Waals surface area contributed by atoms with Crippen LogP contribution in [0.3, 0.4) is 0 Å². The van der Waals surface area contributed by atoms with E-state index in [1.54, 1.807) is 31.5 Å². The van der Waals surface area contributed by atoms with Crippen molar-refractivity contribution in [3.05, 3.63) is 24.5 Å². The number of aliphatic hydroxyl groups is 1. The van der Waals surface area contributed by atoms with Gasteiger partial charge in [0, 0.05) is 11.7 Å². The number of aliphatic hydroxyl groups excluding tert-OH is 1. The number of halogens is 1. The first-order valence-corrected chi connectivity index (χ1v) is 6.94. The summed E-state index contributed by atoms with van der Waals surface area (Å²) >= 11 is 5.87. The number of aromatic nitrogens is 1. The van der Waals surface area contributed by atoms with Gasteiger partial charge in [-0.25, -0.2) is 4.79 Å². The summed E-state index contributed by atoms with van der Waals surface area (Å²) in [6.45, 7) is 7.39. The average molecular weight is 301 g/mol. The van der Waals surface area contributed by atoms with Crippen LogP contribution in [-0.2, 0) is 4.74 Å². The van der Waals surface area contributed by atoms with Gasteiger partial charge in [0.1, 0.15) is 6.10 Å². The van der Waals surface area contributed by atoms with Gasteiger partial charge in [-0.05, 0) is 39.3 Å². The number of amides is 1. The van der Waals surface area contributed by atoms with E-state index in [1.165, 1.54) is 4.90 Å². The zero-order valence-corrected chi connectivity index (χ0v) is 13.0. The molecule has 1 unspecified atom stereocenters. The minimum absolute atomic E-state index is 0.407. The van der Waals surface area contributed by atoms with E-state index in [0.29, 0.717) is 12.1 Å². The second-order valence-electron chi connectivity index (χ2n) is 5.43. The molecule has 6 heteroatoms. The zero-order valence-electron chi connectivity index (χ0n) is 12.2. The molecule has 0 aliphatic heterocycles. The Balaban J connectivity index is 2.93. The van der Waals surface area contributed by atoms with Crippen LogP contribution in [0.15, 0.2) is 24.5 Å². The molecule has 0 saturated carbocycles. The van der Waals surface area contributed by atoms with Crippen molar-refractivity contribution in [3.8, 4) is 0 Å². The molecule has 0 spiro atoms. The number of ether oxygens (including phenoxy) is 1. The van der Waals surface area contributed by atoms with E-state index in [4.69, 9.17) is 16.3 Å². The fourth-order valence-electron chi connectivity index (χ4n) is 1.67. The summed E-state index contributed by atoms with van der Waals surface area (Å²) < 4.78 is 5.12. The highest BCUT2D eigenvalue weighted by Gasteiger charge is 2.32. The zero-order chi connectivity index (χ0) is 15.3. The Kier molecular flexibility index (Phi) is 5.77. The van der Waals surface area contributed by atoms with E-state index in [-0.39, 0.29) is 0 Å². The van der Waals surface area contributed by atoms with E-state index in [1.807, 2.05) is 20.8 Å². The normalized spacial score (nSPS) is 14.5. The van der Waals surface area contributed by atoms with E-state index in [0.717, 1.165) is 0 Å². The van der Waals surface area contributed by atoms with Gasteiger partial charge >= 0.3 is 6.09 Å². The van der Waals surface area contributed by atoms with Crippen LogP contribution >= 0.6 is 11.6 Å². The Morgan fingerprint density at radius 2 is 2.20 bits per heavy atom. The second-order valence-corrected chi connectivity index (χ2v) is 5.86. The van der Waals surface area contributed by atoms with Gasteiger partial charge in [-0.1, -0.05) is 18.5 Å². The Bertz CT molecular complexity index is 434. The van der Waals surface area contributed by atoms with Crippen LogP contribution in [0.1, 0.15) is 34.1 Å². The molecular formula is C14H21ClN2O3. The summed E-state index contributed by atoms with van der Waals surface area (Å²) in [6, 6.07) is 3.50. The lowest BCUT2D eigenvalue weighted by Crippen LogP contribution is -2.47. The lowest BCUT2D eigenvalue weighted by atomic mass is 10.1. The molecule has 112 valence electrons. The lowest BCUT2D eigenvalue weighted by Gasteiger charge is -2.35. The maximum absolute atomic E-state index is 12.3. The van der Waals surface area contributed by atoms with Crippen LogP contribution < -0.4 is 4.90 Å². The van der Waals surface area contributed by atoms with Gasteiger partial charge in [0.15, 0.2) is 0 Å². The molecule has 1 heterocycles. The highest BCUT2D eigenvalue weighted by molar-refractivity contribution is 6.20. The van der Waals surface area contributed by atoms with Gasteiger partial charge in [0.25, 0.3) is 0 Å². The highest BCUT2D eigenvalue weighted by Crippen LogP contribution is 2.25. The molecule has 1 amide bonds. The van der Waals surface area contributed by atoms with Gasteiger partial charge in [0.2, 0.25) is 5.56 Å². The number of hydrogen-bond acceptors (Lipinski definition) is 4. The molecule has 5 nitrogen and oxygen atoms in total. The maximum Gasteiger partial charge on any atom is 0.416 e. The van der Waals surface area contributed by atoms with Crippen molar-refractivity contribution in [1.82, 2.24) is 4.98 Å². The highest BCUT2D eigenvalue weighted by atomic mass is 35.5. The first-order valence-electron chi connectivity index (χ1n) is 6.50. The van der Waals surface area contributed by atoms with Gasteiger partial charge in [-0.15, -0.1) is 0 Å². The Morgan fingerprint density at radius 1 is 1.55 bits per heavy atom. The molecule has 0 saturated heterocycles. The number of hydrogen-bond donors (Lipinski definition) is 1. The van der Waals surface area contributed by atoms with E-state index in [2.05, 4.69) is 4.98 Å². The monoisotopic (exact) mass is 300 g/mol. The Hall–Kier alpha value is -1.33. The van der Waals surface area contributed by atoms with Crippen LogP contribution in [0, 0.1) is 0 Å². The van der Waals surface area contributed by atoms with Crippen molar-refractivity contribution in [2.75, 3.05) is 4.90 Å². The van der Waals surface area contributed by atoms with Crippen molar-refractivity contribution in [2.45, 2.75) is 51.3 Å². The fourth-order valence-corrected chi connectivity index (χ4v) is 1.92. The molecule has 2 atom stereocenters. The topological polar surface area (TPSA) is 62.7 Å². The largest absolute Gasteiger partial charge is 0.427 e. The van der Waals surface area contributed by atoms with E-state index < -0.39 is 23.3 Å². The number of rotatable bonds is 4. The summed E-state index contributed by atoms with van der Waals surface area (Å²) in [5, 5.41) is 9.59. The molecule has 1 N–H and O–H groups in total. The number of carbonyl (C=O) groups excluding carboxylic acids is 1. The lowest BCUT2D eigenvalue weighted by molar-refractivity contribution is 0.0451. The molecule has 0 bridgehead atoms. The first-order chi connectivity index (χ1) is 9.27. The fraction of sp³-hybridized carbons (Fsp3) is 0.571. The Labute approximate surface area is 124 Å². The summed E-state index contributed by atoms with van der Waals surface area (Å²) in [4.78, 5) is 17.8. The number of carbonyl (C=O) groups is 1. The molecule has 1 aromatic rings. The van der Waals surface area contributed by atoms with Crippen LogP contribution in [0.5, 0.6) is 0 Å². The molecular weight excluding hydrogens is 280 g/mol. The van der Waals surface area contributed by atoms with E-state index in [9.17, 15) is 9.90 Å². The molecule has 0 fully saturated rings. The van der Waals surface area contributed by atoms with Crippen molar-refractivity contribution in [1.29, 1.82) is 0 Å². The second kappa shape index (κ2) is 6.90. The number of alkyl halides is 1. The molecule has 0 aromatic carbocycles. The van der Waals surface area contributed by atoms with Crippen LogP contribution in [-0.4, -0.2) is 33.4 Å². The average Bonchev–Trinajstić information content (AvgIpc) is 2.37. The Morgan fingerprint density at radius 3 is 2.65 bits per heavy atom. The third kappa shape index (κ3) is 4.35. The van der Waals surface area contributed by atoms with Crippen LogP contribution in [0.4, 0.5) is 10.5 Å². The maximum atomic E-state index is 12.3. The summed E-state index contributed by atoms with van der Waals surface area (Å²) in [6.07, 6.45) is 2.10. The third-order valence-electron chi connectivity index (χ3n) is 2.69. The molecule has 1 rings (SSSR count). The van der Waals surface area contributed by atoms with Gasteiger partial charge in [-0.3, -0.25) is 9.88 Å². The van der Waals surface area contributed by atoms with Crippen LogP contribution in [0.2, 0.25) is 0 Å². The summed E-state index contributed by atoms with van der Waals surface area (Å²) in [5.41, 5.74) is -0.970. The quantitative estimate of drug-likeness (QED) is 0.868. The molecule has 1 aromatic heterocycles. The van der Waals surface area contributed by atoms with Crippen LogP contribution in [0.25, 0.3) is 0 Å². The van der Waals surface area contributed by atoms with E-state index >= 15 is 0 Å². The minimum Gasteiger partial charge on any atom is -0.427 e. The van der Waals surface area contributed by atoms with Gasteiger partial charge < -0.3 is 9.84 Å². The third-order valence-corrected chi connectivity index (χ3v) is 3.07. The van der Waals surface area contributed by atoms with Gasteiger partial charge in [0.05, 0.1) is 11.9 Å². The number of nitrogens with zero attached hydrogens (tertiary/aromatic N) is 2. The molecule has 0 aliphatic rings. The number of pyridine rings is 1. The minimum atomic E-state index is -1.07. The van der Waals surface area contributed by atoms with Gasteiger partial charge in [-0.2, -0.15) is 0 Å². The van der Waals surface area contributed by atoms with Crippen molar-refractivity contribution < 1.29 is 14.6 Å². The SMILES string of the molecule is CC[C@@H](O)C(Cl)OC(=O)N(c1cccnc1)C(C)(C)C. The molecule has 0 radical (unpaired) electrons. The summed E-state index contributed by atoms with van der Waals surface area (Å²) in [7, 11) is 0.